The van der Waals surface area contributed by atoms with Crippen LogP contribution in [0, 0.1) is 0 Å². The van der Waals surface area contributed by atoms with Gasteiger partial charge in [0.05, 0.1) is 29.9 Å². The topological polar surface area (TPSA) is 58.5 Å². The number of rotatable bonds is 4. The predicted octanol–water partition coefficient (Wildman–Crippen LogP) is 2.21. The van der Waals surface area contributed by atoms with Gasteiger partial charge < -0.3 is 9.88 Å². The molecule has 0 aliphatic rings. The Kier molecular flexibility index (Phi) is 2.79. The molecule has 2 aromatic heterocycles. The molecule has 0 radical (unpaired) electrons. The second-order valence-electron chi connectivity index (χ2n) is 3.92. The molecule has 0 spiro atoms. The summed E-state index contributed by atoms with van der Waals surface area (Å²) in [6.07, 6.45) is 7.23. The van der Waals surface area contributed by atoms with E-state index in [1.54, 1.807) is 18.7 Å². The Hall–Kier alpha value is -2.56. The van der Waals surface area contributed by atoms with E-state index < -0.39 is 0 Å². The van der Waals surface area contributed by atoms with Gasteiger partial charge in [-0.05, 0) is 18.2 Å². The molecule has 3 aromatic rings. The second-order valence-corrected chi connectivity index (χ2v) is 3.92. The molecule has 5 heteroatoms. The summed E-state index contributed by atoms with van der Waals surface area (Å²) in [6, 6.07) is 10.1. The first-order chi connectivity index (χ1) is 8.93. The first-order valence-corrected chi connectivity index (χ1v) is 5.73. The van der Waals surface area contributed by atoms with Gasteiger partial charge in [-0.1, -0.05) is 12.1 Å². The van der Waals surface area contributed by atoms with Crippen molar-refractivity contribution in [3.63, 3.8) is 0 Å². The van der Waals surface area contributed by atoms with E-state index in [4.69, 9.17) is 0 Å². The highest BCUT2D eigenvalue weighted by Crippen LogP contribution is 2.19. The van der Waals surface area contributed by atoms with Crippen LogP contribution in [0.15, 0.2) is 55.2 Å². The molecule has 1 aromatic carbocycles. The zero-order chi connectivity index (χ0) is 12.2. The Morgan fingerprint density at radius 3 is 2.89 bits per heavy atom. The number of nitrogens with one attached hydrogen (secondary N) is 2. The predicted molar refractivity (Wildman–Crippen MR) is 69.5 cm³/mol. The third-order valence-corrected chi connectivity index (χ3v) is 2.71. The van der Waals surface area contributed by atoms with Gasteiger partial charge in [-0.3, -0.25) is 5.10 Å². The highest BCUT2D eigenvalue weighted by atomic mass is 15.1. The largest absolute Gasteiger partial charge is 0.378 e. The summed E-state index contributed by atoms with van der Waals surface area (Å²) in [5, 5.41) is 10.2. The number of aromatic amines is 1. The van der Waals surface area contributed by atoms with Crippen LogP contribution >= 0.6 is 0 Å². The standard InChI is InChI=1S/C13H13N5/c1-2-4-13(18-8-7-14-10-18)12(3-1)15-9-11-5-6-16-17-11/h1-8,10,15H,9H2,(H,16,17). The van der Waals surface area contributed by atoms with Gasteiger partial charge in [0, 0.05) is 18.6 Å². The molecule has 0 amide bonds. The van der Waals surface area contributed by atoms with Crippen LogP contribution < -0.4 is 5.32 Å². The first-order valence-electron chi connectivity index (χ1n) is 5.73. The molecule has 2 heterocycles. The summed E-state index contributed by atoms with van der Waals surface area (Å²) in [5.74, 6) is 0. The Bertz CT molecular complexity index is 598. The van der Waals surface area contributed by atoms with Crippen molar-refractivity contribution < 1.29 is 0 Å². The molecule has 0 bridgehead atoms. The van der Waals surface area contributed by atoms with E-state index >= 15 is 0 Å². The van der Waals surface area contributed by atoms with E-state index in [0.29, 0.717) is 6.54 Å². The molecule has 0 atom stereocenters. The first kappa shape index (κ1) is 10.6. The van der Waals surface area contributed by atoms with Crippen LogP contribution in [0.3, 0.4) is 0 Å². The van der Waals surface area contributed by atoms with E-state index in [1.807, 2.05) is 35.0 Å². The second kappa shape index (κ2) is 4.75. The monoisotopic (exact) mass is 239 g/mol. The van der Waals surface area contributed by atoms with Crippen molar-refractivity contribution in [3.05, 3.63) is 60.9 Å². The van der Waals surface area contributed by atoms with Gasteiger partial charge in [-0.25, -0.2) is 4.98 Å². The van der Waals surface area contributed by atoms with Gasteiger partial charge in [-0.2, -0.15) is 5.10 Å². The third-order valence-electron chi connectivity index (χ3n) is 2.71. The molecule has 0 unspecified atom stereocenters. The normalized spacial score (nSPS) is 10.4. The summed E-state index contributed by atoms with van der Waals surface area (Å²) in [7, 11) is 0. The van der Waals surface area contributed by atoms with Crippen LogP contribution in [0.5, 0.6) is 0 Å². The molecule has 0 fully saturated rings. The van der Waals surface area contributed by atoms with E-state index in [0.717, 1.165) is 17.1 Å². The molecule has 0 aliphatic carbocycles. The number of anilines is 1. The van der Waals surface area contributed by atoms with Crippen molar-refractivity contribution in [3.8, 4) is 5.69 Å². The third kappa shape index (κ3) is 2.10. The molecule has 0 aliphatic heterocycles. The fraction of sp³-hybridized carbons (Fsp3) is 0.0769. The van der Waals surface area contributed by atoms with Crippen molar-refractivity contribution in [1.29, 1.82) is 0 Å². The minimum Gasteiger partial charge on any atom is -0.378 e. The van der Waals surface area contributed by atoms with E-state index in [-0.39, 0.29) is 0 Å². The fourth-order valence-electron chi connectivity index (χ4n) is 1.82. The molecular weight excluding hydrogens is 226 g/mol. The molecule has 2 N–H and O–H groups in total. The number of para-hydroxylation sites is 2. The summed E-state index contributed by atoms with van der Waals surface area (Å²) in [4.78, 5) is 4.07. The van der Waals surface area contributed by atoms with Crippen molar-refractivity contribution in [2.24, 2.45) is 0 Å². The highest BCUT2D eigenvalue weighted by Gasteiger charge is 2.03. The maximum Gasteiger partial charge on any atom is 0.0992 e. The number of nitrogens with zero attached hydrogens (tertiary/aromatic N) is 3. The Labute approximate surface area is 104 Å². The zero-order valence-corrected chi connectivity index (χ0v) is 9.74. The average Bonchev–Trinajstić information content (AvgIpc) is 3.10. The Morgan fingerprint density at radius 1 is 1.17 bits per heavy atom. The van der Waals surface area contributed by atoms with Crippen LogP contribution in [-0.2, 0) is 6.54 Å². The van der Waals surface area contributed by atoms with Gasteiger partial charge in [-0.15, -0.1) is 0 Å². The maximum atomic E-state index is 4.07. The van der Waals surface area contributed by atoms with Gasteiger partial charge in [0.25, 0.3) is 0 Å². The molecular formula is C13H13N5. The molecule has 5 nitrogen and oxygen atoms in total. The molecule has 0 saturated carbocycles. The lowest BCUT2D eigenvalue weighted by Crippen LogP contribution is -2.03. The SMILES string of the molecule is c1ccc(-n2ccnc2)c(NCc2ccn[nH]2)c1. The summed E-state index contributed by atoms with van der Waals surface area (Å²) in [6.45, 7) is 0.714. The van der Waals surface area contributed by atoms with E-state index in [2.05, 4.69) is 26.6 Å². The Balaban J connectivity index is 1.84. The van der Waals surface area contributed by atoms with E-state index in [1.165, 1.54) is 0 Å². The average molecular weight is 239 g/mol. The van der Waals surface area contributed by atoms with Crippen molar-refractivity contribution in [1.82, 2.24) is 19.7 Å². The lowest BCUT2D eigenvalue weighted by Gasteiger charge is -2.11. The summed E-state index contributed by atoms with van der Waals surface area (Å²) < 4.78 is 1.98. The fourth-order valence-corrected chi connectivity index (χ4v) is 1.82. The summed E-state index contributed by atoms with van der Waals surface area (Å²) >= 11 is 0. The highest BCUT2D eigenvalue weighted by molar-refractivity contribution is 5.60. The van der Waals surface area contributed by atoms with Gasteiger partial charge in [0.1, 0.15) is 0 Å². The zero-order valence-electron chi connectivity index (χ0n) is 9.74. The van der Waals surface area contributed by atoms with Crippen LogP contribution in [0.4, 0.5) is 5.69 Å². The number of aromatic nitrogens is 4. The van der Waals surface area contributed by atoms with Crippen molar-refractivity contribution in [2.45, 2.75) is 6.54 Å². The smallest absolute Gasteiger partial charge is 0.0992 e. The van der Waals surface area contributed by atoms with Crippen LogP contribution in [0.25, 0.3) is 5.69 Å². The number of H-pyrrole nitrogens is 1. The van der Waals surface area contributed by atoms with Crippen molar-refractivity contribution >= 4 is 5.69 Å². The molecule has 90 valence electrons. The molecule has 0 saturated heterocycles. The number of imidazole rings is 1. The van der Waals surface area contributed by atoms with Gasteiger partial charge >= 0.3 is 0 Å². The number of hydrogen-bond donors (Lipinski definition) is 2. The lowest BCUT2D eigenvalue weighted by atomic mass is 10.2. The quantitative estimate of drug-likeness (QED) is 0.733. The minimum atomic E-state index is 0.714. The van der Waals surface area contributed by atoms with Crippen LogP contribution in [0.2, 0.25) is 0 Å². The molecule has 18 heavy (non-hydrogen) atoms. The number of hydrogen-bond acceptors (Lipinski definition) is 3. The summed E-state index contributed by atoms with van der Waals surface area (Å²) in [5.41, 5.74) is 3.19. The van der Waals surface area contributed by atoms with Gasteiger partial charge in [0.15, 0.2) is 0 Å². The number of benzene rings is 1. The van der Waals surface area contributed by atoms with Crippen LogP contribution in [-0.4, -0.2) is 19.7 Å². The Morgan fingerprint density at radius 2 is 2.11 bits per heavy atom. The van der Waals surface area contributed by atoms with Crippen molar-refractivity contribution in [2.75, 3.05) is 5.32 Å². The minimum absolute atomic E-state index is 0.714. The van der Waals surface area contributed by atoms with Gasteiger partial charge in [0.2, 0.25) is 0 Å². The maximum absolute atomic E-state index is 4.07. The lowest BCUT2D eigenvalue weighted by molar-refractivity contribution is 0.974. The molecule has 3 rings (SSSR count). The van der Waals surface area contributed by atoms with Crippen LogP contribution in [0.1, 0.15) is 5.69 Å². The van der Waals surface area contributed by atoms with E-state index in [9.17, 15) is 0 Å².